The number of rotatable bonds is 8. The number of thiophene rings is 1. The zero-order valence-electron chi connectivity index (χ0n) is 15.5. The van der Waals surface area contributed by atoms with Crippen LogP contribution in [-0.4, -0.2) is 45.9 Å². The summed E-state index contributed by atoms with van der Waals surface area (Å²) in [5.74, 6) is 0. The summed E-state index contributed by atoms with van der Waals surface area (Å²) < 4.78 is 28.8. The van der Waals surface area contributed by atoms with Gasteiger partial charge in [-0.2, -0.15) is 0 Å². The second-order valence-electron chi connectivity index (χ2n) is 7.08. The molecule has 0 saturated carbocycles. The molecule has 0 aliphatic carbocycles. The van der Waals surface area contributed by atoms with E-state index in [2.05, 4.69) is 24.1 Å². The highest BCUT2D eigenvalue weighted by atomic mass is 32.2. The third-order valence-corrected chi connectivity index (χ3v) is 6.99. The minimum Gasteiger partial charge on any atom is -0.378 e. The van der Waals surface area contributed by atoms with Crippen LogP contribution in [0.15, 0.2) is 41.3 Å². The number of hydrogen-bond donors (Lipinski definition) is 0. The molecule has 1 aromatic heterocycles. The number of sulfone groups is 1. The predicted molar refractivity (Wildman–Crippen MR) is 107 cm³/mol. The van der Waals surface area contributed by atoms with Crippen LogP contribution in [0.5, 0.6) is 0 Å². The van der Waals surface area contributed by atoms with Gasteiger partial charge in [-0.3, -0.25) is 0 Å². The van der Waals surface area contributed by atoms with Gasteiger partial charge >= 0.3 is 0 Å². The van der Waals surface area contributed by atoms with Crippen molar-refractivity contribution >= 4 is 21.2 Å². The van der Waals surface area contributed by atoms with Gasteiger partial charge in [-0.25, -0.2) is 8.42 Å². The van der Waals surface area contributed by atoms with Gasteiger partial charge in [-0.05, 0) is 69.1 Å². The molecular weight excluding hydrogens is 366 g/mol. The highest BCUT2D eigenvalue weighted by Gasteiger charge is 2.15. The summed E-state index contributed by atoms with van der Waals surface area (Å²) in [7, 11) is -0.977. The molecule has 0 radical (unpaired) electrons. The fourth-order valence-corrected chi connectivity index (χ4v) is 5.01. The van der Waals surface area contributed by atoms with Crippen molar-refractivity contribution in [1.82, 2.24) is 4.90 Å². The van der Waals surface area contributed by atoms with Gasteiger partial charge in [0, 0.05) is 29.2 Å². The molecule has 1 aliphatic rings. The molecule has 2 aromatic rings. The molecule has 2 heterocycles. The maximum atomic E-state index is 11.6. The summed E-state index contributed by atoms with van der Waals surface area (Å²) in [6.07, 6.45) is 6.48. The Bertz CT molecular complexity index is 806. The minimum atomic E-state index is -3.14. The molecule has 0 bridgehead atoms. The van der Waals surface area contributed by atoms with Gasteiger partial charge in [0.05, 0.1) is 11.0 Å². The smallest absolute Gasteiger partial charge is 0.175 e. The Morgan fingerprint density at radius 2 is 1.96 bits per heavy atom. The first kappa shape index (κ1) is 19.5. The second-order valence-corrected chi connectivity index (χ2v) is 10.3. The average Bonchev–Trinajstić information content (AvgIpc) is 3.26. The molecule has 6 heteroatoms. The van der Waals surface area contributed by atoms with Crippen LogP contribution in [0.25, 0.3) is 10.4 Å². The van der Waals surface area contributed by atoms with Crippen molar-refractivity contribution in [2.75, 3.05) is 26.5 Å². The van der Waals surface area contributed by atoms with Crippen LogP contribution in [0.1, 0.15) is 30.6 Å². The Labute approximate surface area is 160 Å². The van der Waals surface area contributed by atoms with Gasteiger partial charge in [0.25, 0.3) is 0 Å². The molecule has 1 saturated heterocycles. The molecule has 1 unspecified atom stereocenters. The van der Waals surface area contributed by atoms with Crippen molar-refractivity contribution in [3.05, 3.63) is 41.3 Å². The van der Waals surface area contributed by atoms with Crippen LogP contribution in [0.4, 0.5) is 0 Å². The predicted octanol–water partition coefficient (Wildman–Crippen LogP) is 4.21. The highest BCUT2D eigenvalue weighted by molar-refractivity contribution is 7.90. The van der Waals surface area contributed by atoms with E-state index in [-0.39, 0.29) is 0 Å². The van der Waals surface area contributed by atoms with E-state index in [0.29, 0.717) is 11.0 Å². The molecule has 3 rings (SSSR count). The molecule has 1 atom stereocenters. The lowest BCUT2D eigenvalue weighted by Crippen LogP contribution is -2.19. The van der Waals surface area contributed by atoms with Gasteiger partial charge in [0.2, 0.25) is 0 Å². The number of nitrogens with zero attached hydrogens (tertiary/aromatic N) is 1. The molecular formula is C20H27NO3S2. The quantitative estimate of drug-likeness (QED) is 0.674. The van der Waals surface area contributed by atoms with Crippen LogP contribution in [0, 0.1) is 0 Å². The number of ether oxygens (including phenoxy) is 1. The van der Waals surface area contributed by atoms with E-state index < -0.39 is 9.84 Å². The van der Waals surface area contributed by atoms with Crippen LogP contribution >= 0.6 is 11.3 Å². The number of hydrogen-bond acceptors (Lipinski definition) is 5. The monoisotopic (exact) mass is 393 g/mol. The third kappa shape index (κ3) is 5.39. The van der Waals surface area contributed by atoms with E-state index in [0.717, 1.165) is 31.7 Å². The summed E-state index contributed by atoms with van der Waals surface area (Å²) in [4.78, 5) is 5.22. The van der Waals surface area contributed by atoms with Crippen LogP contribution in [0.2, 0.25) is 0 Å². The van der Waals surface area contributed by atoms with E-state index >= 15 is 0 Å². The fraction of sp³-hybridized carbons (Fsp3) is 0.500. The van der Waals surface area contributed by atoms with Gasteiger partial charge in [0.1, 0.15) is 0 Å². The van der Waals surface area contributed by atoms with E-state index in [4.69, 9.17) is 4.74 Å². The maximum absolute atomic E-state index is 11.6. The third-order valence-electron chi connectivity index (χ3n) is 4.74. The first-order chi connectivity index (χ1) is 12.4. The zero-order valence-corrected chi connectivity index (χ0v) is 17.1. The standard InChI is InChI=1S/C20H27NO3S2/c1-21(13-3-5-17-6-4-14-24-17)15-18-9-12-20(25-18)16-7-10-19(11-8-16)26(2,22)23/h7-12,17H,3-6,13-15H2,1-2H3. The summed E-state index contributed by atoms with van der Waals surface area (Å²) in [5, 5.41) is 0. The van der Waals surface area contributed by atoms with E-state index in [9.17, 15) is 8.42 Å². The average molecular weight is 394 g/mol. The van der Waals surface area contributed by atoms with Crippen molar-refractivity contribution in [1.29, 1.82) is 0 Å². The van der Waals surface area contributed by atoms with Crippen molar-refractivity contribution in [2.24, 2.45) is 0 Å². The summed E-state index contributed by atoms with van der Waals surface area (Å²) in [6, 6.07) is 11.4. The molecule has 0 spiro atoms. The van der Waals surface area contributed by atoms with Crippen LogP contribution in [0.3, 0.4) is 0 Å². The Kier molecular flexibility index (Phi) is 6.51. The molecule has 0 N–H and O–H groups in total. The van der Waals surface area contributed by atoms with Crippen molar-refractivity contribution in [3.8, 4) is 10.4 Å². The van der Waals surface area contributed by atoms with Gasteiger partial charge in [-0.15, -0.1) is 11.3 Å². The lowest BCUT2D eigenvalue weighted by atomic mass is 10.1. The molecule has 4 nitrogen and oxygen atoms in total. The zero-order chi connectivity index (χ0) is 18.6. The van der Waals surface area contributed by atoms with E-state index in [1.165, 1.54) is 35.3 Å². The Hall–Kier alpha value is -1.21. The van der Waals surface area contributed by atoms with Gasteiger partial charge in [0.15, 0.2) is 9.84 Å². The molecule has 1 aromatic carbocycles. The first-order valence-corrected chi connectivity index (χ1v) is 11.8. The van der Waals surface area contributed by atoms with E-state index in [1.807, 2.05) is 12.1 Å². The van der Waals surface area contributed by atoms with Crippen molar-refractivity contribution in [3.63, 3.8) is 0 Å². The SMILES string of the molecule is CN(CCCC1CCCO1)Cc1ccc(-c2ccc(S(C)(=O)=O)cc2)s1. The minimum absolute atomic E-state index is 0.365. The van der Waals surface area contributed by atoms with Gasteiger partial charge < -0.3 is 9.64 Å². The van der Waals surface area contributed by atoms with Crippen LogP contribution in [-0.2, 0) is 21.1 Å². The van der Waals surface area contributed by atoms with Gasteiger partial charge in [-0.1, -0.05) is 12.1 Å². The Balaban J connectivity index is 1.52. The lowest BCUT2D eigenvalue weighted by molar-refractivity contribution is 0.0995. The van der Waals surface area contributed by atoms with E-state index in [1.54, 1.807) is 23.5 Å². The highest BCUT2D eigenvalue weighted by Crippen LogP contribution is 2.29. The maximum Gasteiger partial charge on any atom is 0.175 e. The largest absolute Gasteiger partial charge is 0.378 e. The lowest BCUT2D eigenvalue weighted by Gasteiger charge is -2.16. The van der Waals surface area contributed by atoms with Crippen LogP contribution < -0.4 is 0 Å². The van der Waals surface area contributed by atoms with Crippen molar-refractivity contribution < 1.29 is 13.2 Å². The second kappa shape index (κ2) is 8.65. The first-order valence-electron chi connectivity index (χ1n) is 9.11. The summed E-state index contributed by atoms with van der Waals surface area (Å²) in [5.41, 5.74) is 1.06. The summed E-state index contributed by atoms with van der Waals surface area (Å²) in [6.45, 7) is 2.96. The molecule has 142 valence electrons. The summed E-state index contributed by atoms with van der Waals surface area (Å²) >= 11 is 1.77. The topological polar surface area (TPSA) is 46.6 Å². The Morgan fingerprint density at radius 1 is 1.19 bits per heavy atom. The number of benzene rings is 1. The fourth-order valence-electron chi connectivity index (χ4n) is 3.29. The Morgan fingerprint density at radius 3 is 2.62 bits per heavy atom. The molecule has 1 aliphatic heterocycles. The van der Waals surface area contributed by atoms with Crippen molar-refractivity contribution in [2.45, 2.75) is 43.2 Å². The molecule has 0 amide bonds. The normalized spacial score (nSPS) is 17.9. The molecule has 26 heavy (non-hydrogen) atoms. The molecule has 1 fully saturated rings.